The Balaban J connectivity index is 1.15. The van der Waals surface area contributed by atoms with Gasteiger partial charge in [-0.25, -0.2) is 4.98 Å². The summed E-state index contributed by atoms with van der Waals surface area (Å²) in [7, 11) is 0. The minimum atomic E-state index is -0.254. The van der Waals surface area contributed by atoms with E-state index >= 15 is 0 Å². The van der Waals surface area contributed by atoms with Crippen molar-refractivity contribution in [3.63, 3.8) is 0 Å². The van der Waals surface area contributed by atoms with E-state index in [1.807, 2.05) is 29.2 Å². The van der Waals surface area contributed by atoms with E-state index in [2.05, 4.69) is 4.98 Å². The van der Waals surface area contributed by atoms with Gasteiger partial charge in [-0.2, -0.15) is 0 Å². The molecule has 6 rings (SSSR count). The molecule has 0 N–H and O–H groups in total. The van der Waals surface area contributed by atoms with Crippen LogP contribution in [0.2, 0.25) is 0 Å². The summed E-state index contributed by atoms with van der Waals surface area (Å²) in [5.74, 6) is 0.342. The molecule has 3 aliphatic rings. The third-order valence-corrected chi connectivity index (χ3v) is 7.55. The number of amides is 3. The monoisotopic (exact) mass is 457 g/mol. The van der Waals surface area contributed by atoms with E-state index in [0.717, 1.165) is 61.9 Å². The molecule has 2 fully saturated rings. The van der Waals surface area contributed by atoms with Crippen molar-refractivity contribution in [2.24, 2.45) is 0 Å². The number of carbonyl (C=O) groups is 3. The Kier molecular flexibility index (Phi) is 5.20. The first-order chi connectivity index (χ1) is 16.6. The third kappa shape index (κ3) is 3.50. The second kappa shape index (κ2) is 8.38. The normalized spacial score (nSPS) is 19.8. The number of para-hydroxylation sites is 2. The molecule has 0 unspecified atom stereocenters. The highest BCUT2D eigenvalue weighted by molar-refractivity contribution is 6.22. The number of benzene rings is 2. The van der Waals surface area contributed by atoms with Gasteiger partial charge >= 0.3 is 0 Å². The maximum atomic E-state index is 13.2. The number of oxazole rings is 1. The van der Waals surface area contributed by atoms with Crippen LogP contribution in [0.5, 0.6) is 0 Å². The summed E-state index contributed by atoms with van der Waals surface area (Å²) in [5.41, 5.74) is 2.89. The van der Waals surface area contributed by atoms with Gasteiger partial charge in [0.25, 0.3) is 17.7 Å². The summed E-state index contributed by atoms with van der Waals surface area (Å²) in [6.07, 6.45) is 6.52. The van der Waals surface area contributed by atoms with Crippen LogP contribution >= 0.6 is 0 Å². The first-order valence-corrected chi connectivity index (χ1v) is 12.3. The Bertz CT molecular complexity index is 1250. The molecule has 0 radical (unpaired) electrons. The predicted octanol–water partition coefficient (Wildman–Crippen LogP) is 4.78. The fourth-order valence-corrected chi connectivity index (χ4v) is 5.64. The van der Waals surface area contributed by atoms with E-state index in [-0.39, 0.29) is 29.7 Å². The molecule has 3 heterocycles. The van der Waals surface area contributed by atoms with E-state index < -0.39 is 0 Å². The zero-order chi connectivity index (χ0) is 23.2. The standard InChI is InChI=1S/C27H27N3O4/c31-25(29-14-12-17(13-15-29)24-28-22-8-4-5-9-23(22)34-24)18-10-11-20-21(16-18)27(33)30(26(20)32)19-6-2-1-3-7-19/h4-5,8-11,16-17,19H,1-3,6-7,12-15H2. The lowest BCUT2D eigenvalue weighted by molar-refractivity contribution is 0.0548. The van der Waals surface area contributed by atoms with Crippen LogP contribution < -0.4 is 0 Å². The van der Waals surface area contributed by atoms with E-state index in [1.54, 1.807) is 18.2 Å². The van der Waals surface area contributed by atoms with Gasteiger partial charge in [0.05, 0.1) is 11.1 Å². The number of nitrogens with zero attached hydrogens (tertiary/aromatic N) is 3. The Morgan fingerprint density at radius 3 is 2.38 bits per heavy atom. The second-order valence-electron chi connectivity index (χ2n) is 9.62. The minimum absolute atomic E-state index is 0.0220. The zero-order valence-electron chi connectivity index (χ0n) is 19.0. The van der Waals surface area contributed by atoms with Gasteiger partial charge in [0.1, 0.15) is 5.52 Å². The lowest BCUT2D eigenvalue weighted by Crippen LogP contribution is -2.40. The van der Waals surface area contributed by atoms with Crippen LogP contribution in [-0.4, -0.2) is 51.6 Å². The number of hydrogen-bond acceptors (Lipinski definition) is 5. The van der Waals surface area contributed by atoms with Crippen LogP contribution in [0.25, 0.3) is 11.1 Å². The van der Waals surface area contributed by atoms with Crippen LogP contribution in [0.3, 0.4) is 0 Å². The Morgan fingerprint density at radius 1 is 0.882 bits per heavy atom. The Labute approximate surface area is 197 Å². The molecule has 1 aromatic heterocycles. The highest BCUT2D eigenvalue weighted by Crippen LogP contribution is 2.33. The smallest absolute Gasteiger partial charge is 0.261 e. The molecule has 3 aromatic rings. The van der Waals surface area contributed by atoms with Crippen molar-refractivity contribution in [2.45, 2.75) is 56.9 Å². The first kappa shape index (κ1) is 21.1. The lowest BCUT2D eigenvalue weighted by atomic mass is 9.94. The van der Waals surface area contributed by atoms with E-state index in [4.69, 9.17) is 4.42 Å². The van der Waals surface area contributed by atoms with Crippen molar-refractivity contribution in [3.05, 3.63) is 65.0 Å². The molecule has 2 aliphatic heterocycles. The molecular weight excluding hydrogens is 430 g/mol. The second-order valence-corrected chi connectivity index (χ2v) is 9.62. The van der Waals surface area contributed by atoms with Crippen LogP contribution in [0.4, 0.5) is 0 Å². The number of aromatic nitrogens is 1. The van der Waals surface area contributed by atoms with Crippen LogP contribution in [0.15, 0.2) is 46.9 Å². The van der Waals surface area contributed by atoms with Gasteiger partial charge in [-0.15, -0.1) is 0 Å². The average Bonchev–Trinajstić information content (AvgIpc) is 3.43. The fourth-order valence-electron chi connectivity index (χ4n) is 5.64. The number of fused-ring (bicyclic) bond motifs is 2. The molecule has 1 aliphatic carbocycles. The number of hydrogen-bond donors (Lipinski definition) is 0. The molecule has 1 saturated heterocycles. The van der Waals surface area contributed by atoms with Crippen LogP contribution in [0.1, 0.15) is 87.8 Å². The van der Waals surface area contributed by atoms with E-state index in [1.165, 1.54) is 4.90 Å². The van der Waals surface area contributed by atoms with Crippen LogP contribution in [0, 0.1) is 0 Å². The highest BCUT2D eigenvalue weighted by atomic mass is 16.3. The summed E-state index contributed by atoms with van der Waals surface area (Å²) in [5, 5.41) is 0. The van der Waals surface area contributed by atoms with Gasteiger partial charge < -0.3 is 9.32 Å². The topological polar surface area (TPSA) is 83.7 Å². The molecule has 7 nitrogen and oxygen atoms in total. The van der Waals surface area contributed by atoms with Gasteiger partial charge in [0.2, 0.25) is 0 Å². The van der Waals surface area contributed by atoms with Gasteiger partial charge in [-0.05, 0) is 56.0 Å². The maximum absolute atomic E-state index is 13.2. The summed E-state index contributed by atoms with van der Waals surface area (Å²) in [4.78, 5) is 47.1. The Morgan fingerprint density at radius 2 is 1.62 bits per heavy atom. The molecular formula is C27H27N3O4. The largest absolute Gasteiger partial charge is 0.440 e. The predicted molar refractivity (Wildman–Crippen MR) is 126 cm³/mol. The third-order valence-electron chi connectivity index (χ3n) is 7.55. The van der Waals surface area contributed by atoms with E-state index in [9.17, 15) is 14.4 Å². The number of piperidine rings is 1. The average molecular weight is 458 g/mol. The molecule has 0 atom stereocenters. The molecule has 0 bridgehead atoms. The fraction of sp³-hybridized carbons (Fsp3) is 0.407. The van der Waals surface area contributed by atoms with Gasteiger partial charge in [0.15, 0.2) is 11.5 Å². The Hall–Kier alpha value is -3.48. The quantitative estimate of drug-likeness (QED) is 0.529. The molecule has 3 amide bonds. The van der Waals surface area contributed by atoms with Crippen molar-refractivity contribution in [1.29, 1.82) is 0 Å². The molecule has 0 spiro atoms. The number of imide groups is 1. The minimum Gasteiger partial charge on any atom is -0.440 e. The van der Waals surface area contributed by atoms with Crippen molar-refractivity contribution < 1.29 is 18.8 Å². The highest BCUT2D eigenvalue weighted by Gasteiger charge is 2.40. The van der Waals surface area contributed by atoms with Gasteiger partial charge in [0, 0.05) is 30.6 Å². The molecule has 174 valence electrons. The molecule has 2 aromatic carbocycles. The van der Waals surface area contributed by atoms with Crippen molar-refractivity contribution >= 4 is 28.8 Å². The molecule has 7 heteroatoms. The first-order valence-electron chi connectivity index (χ1n) is 12.3. The number of carbonyl (C=O) groups excluding carboxylic acids is 3. The lowest BCUT2D eigenvalue weighted by Gasteiger charge is -2.30. The SMILES string of the molecule is O=C(c1ccc2c(c1)C(=O)N(C1CCCCC1)C2=O)N1CCC(c2nc3ccccc3o2)CC1. The van der Waals surface area contributed by atoms with Crippen molar-refractivity contribution in [3.8, 4) is 0 Å². The maximum Gasteiger partial charge on any atom is 0.261 e. The van der Waals surface area contributed by atoms with Crippen molar-refractivity contribution in [2.75, 3.05) is 13.1 Å². The summed E-state index contributed by atoms with van der Waals surface area (Å²) in [6.45, 7) is 1.20. The van der Waals surface area contributed by atoms with Gasteiger partial charge in [-0.1, -0.05) is 31.4 Å². The number of rotatable bonds is 3. The summed E-state index contributed by atoms with van der Waals surface area (Å²) >= 11 is 0. The zero-order valence-corrected chi connectivity index (χ0v) is 19.0. The molecule has 1 saturated carbocycles. The van der Waals surface area contributed by atoms with Crippen molar-refractivity contribution in [1.82, 2.24) is 14.8 Å². The number of likely N-dealkylation sites (tertiary alicyclic amines) is 1. The summed E-state index contributed by atoms with van der Waals surface area (Å²) < 4.78 is 5.93. The molecule has 34 heavy (non-hydrogen) atoms. The van der Waals surface area contributed by atoms with Gasteiger partial charge in [-0.3, -0.25) is 19.3 Å². The van der Waals surface area contributed by atoms with Crippen LogP contribution in [-0.2, 0) is 0 Å². The summed E-state index contributed by atoms with van der Waals surface area (Å²) in [6, 6.07) is 12.7. The van der Waals surface area contributed by atoms with E-state index in [0.29, 0.717) is 29.8 Å².